The summed E-state index contributed by atoms with van der Waals surface area (Å²) in [5.74, 6) is 0.00607. The summed E-state index contributed by atoms with van der Waals surface area (Å²) in [6.07, 6.45) is 5.49. The van der Waals surface area contributed by atoms with Crippen molar-refractivity contribution >= 4 is 23.4 Å². The van der Waals surface area contributed by atoms with E-state index in [2.05, 4.69) is 11.6 Å². The van der Waals surface area contributed by atoms with E-state index in [1.165, 1.54) is 6.42 Å². The summed E-state index contributed by atoms with van der Waals surface area (Å²) >= 11 is 1.89. The second-order valence-corrected chi connectivity index (χ2v) is 6.00. The van der Waals surface area contributed by atoms with Crippen LogP contribution in [0.3, 0.4) is 0 Å². The predicted octanol–water partition coefficient (Wildman–Crippen LogP) is 2.59. The van der Waals surface area contributed by atoms with E-state index in [1.54, 1.807) is 0 Å². The monoisotopic (exact) mass is 264 g/mol. The lowest BCUT2D eigenvalue weighted by Gasteiger charge is -2.14. The number of carbonyl (C=O) groups excluding carboxylic acids is 1. The van der Waals surface area contributed by atoms with Crippen molar-refractivity contribution in [2.24, 2.45) is 0 Å². The Hall–Kier alpha value is -1.16. The van der Waals surface area contributed by atoms with Crippen molar-refractivity contribution in [2.45, 2.75) is 37.5 Å². The van der Waals surface area contributed by atoms with Crippen molar-refractivity contribution in [1.29, 1.82) is 0 Å². The second kappa shape index (κ2) is 5.65. The van der Waals surface area contributed by atoms with Gasteiger partial charge in [-0.1, -0.05) is 6.07 Å². The fraction of sp³-hybridized carbons (Fsp3) is 0.500. The molecule has 18 heavy (non-hydrogen) atoms. The zero-order valence-corrected chi connectivity index (χ0v) is 11.7. The minimum atomic E-state index is 0.00607. The molecule has 0 radical (unpaired) electrons. The highest BCUT2D eigenvalue weighted by Crippen LogP contribution is 2.28. The minimum Gasteiger partial charge on any atom is -0.398 e. The highest BCUT2D eigenvalue weighted by Gasteiger charge is 2.25. The first kappa shape index (κ1) is 13.3. The number of anilines is 1. The quantitative estimate of drug-likeness (QED) is 0.825. The summed E-state index contributed by atoms with van der Waals surface area (Å²) < 4.78 is 0. The molecule has 0 aliphatic heterocycles. The average molecular weight is 264 g/mol. The van der Waals surface area contributed by atoms with E-state index in [-0.39, 0.29) is 5.91 Å². The van der Waals surface area contributed by atoms with Crippen LogP contribution in [0.15, 0.2) is 18.2 Å². The number of nitrogens with two attached hydrogens (primary N) is 1. The molecule has 0 aromatic heterocycles. The summed E-state index contributed by atoms with van der Waals surface area (Å²) in [7, 11) is 0. The van der Waals surface area contributed by atoms with Crippen LogP contribution in [-0.2, 0) is 0 Å². The number of nitrogen functional groups attached to an aromatic ring is 1. The van der Waals surface area contributed by atoms with Gasteiger partial charge in [-0.15, -0.1) is 0 Å². The fourth-order valence-electron chi connectivity index (χ4n) is 2.45. The smallest absolute Gasteiger partial charge is 0.251 e. The molecule has 1 amide bonds. The molecule has 1 aromatic carbocycles. The minimum absolute atomic E-state index is 0.00607. The molecule has 1 aromatic rings. The highest BCUT2D eigenvalue weighted by atomic mass is 32.2. The van der Waals surface area contributed by atoms with Gasteiger partial charge >= 0.3 is 0 Å². The first-order valence-corrected chi connectivity index (χ1v) is 7.59. The number of hydrogen-bond donors (Lipinski definition) is 2. The zero-order chi connectivity index (χ0) is 13.1. The second-order valence-electron chi connectivity index (χ2n) is 4.86. The molecule has 1 aliphatic carbocycles. The third kappa shape index (κ3) is 2.80. The van der Waals surface area contributed by atoms with Crippen molar-refractivity contribution < 1.29 is 4.79 Å². The molecule has 1 saturated carbocycles. The summed E-state index contributed by atoms with van der Waals surface area (Å²) in [6.45, 7) is 1.89. The van der Waals surface area contributed by atoms with Crippen molar-refractivity contribution in [1.82, 2.24) is 5.32 Å². The molecule has 3 nitrogen and oxygen atoms in total. The Balaban J connectivity index is 2.02. The molecule has 0 bridgehead atoms. The van der Waals surface area contributed by atoms with Gasteiger partial charge in [0.15, 0.2) is 0 Å². The lowest BCUT2D eigenvalue weighted by Crippen LogP contribution is -2.33. The van der Waals surface area contributed by atoms with Crippen LogP contribution in [0.1, 0.15) is 35.2 Å². The number of nitrogens with one attached hydrogen (secondary N) is 1. The third-order valence-corrected chi connectivity index (χ3v) is 4.77. The standard InChI is InChI=1S/C14H20N2OS/c1-9-12(4-3-5-13(9)15)14(17)16-10-6-7-11(8-10)18-2/h3-5,10-11H,6-8,15H2,1-2H3,(H,16,17). The Kier molecular flexibility index (Phi) is 4.17. The molecule has 2 atom stereocenters. The lowest BCUT2D eigenvalue weighted by molar-refractivity contribution is 0.0937. The van der Waals surface area contributed by atoms with Gasteiger partial charge in [0, 0.05) is 22.5 Å². The summed E-state index contributed by atoms with van der Waals surface area (Å²) in [5, 5.41) is 3.81. The van der Waals surface area contributed by atoms with Gasteiger partial charge in [0.05, 0.1) is 0 Å². The van der Waals surface area contributed by atoms with Crippen LogP contribution in [-0.4, -0.2) is 23.5 Å². The van der Waals surface area contributed by atoms with Crippen LogP contribution in [0.4, 0.5) is 5.69 Å². The van der Waals surface area contributed by atoms with E-state index in [1.807, 2.05) is 36.9 Å². The Morgan fingerprint density at radius 2 is 2.22 bits per heavy atom. The maximum Gasteiger partial charge on any atom is 0.251 e. The summed E-state index contributed by atoms with van der Waals surface area (Å²) in [5.41, 5.74) is 8.07. The van der Waals surface area contributed by atoms with Crippen LogP contribution >= 0.6 is 11.8 Å². The third-order valence-electron chi connectivity index (χ3n) is 3.67. The average Bonchev–Trinajstić information content (AvgIpc) is 2.80. The molecule has 2 unspecified atom stereocenters. The van der Waals surface area contributed by atoms with Crippen LogP contribution in [0, 0.1) is 6.92 Å². The van der Waals surface area contributed by atoms with Crippen LogP contribution in [0.25, 0.3) is 0 Å². The number of thioether (sulfide) groups is 1. The van der Waals surface area contributed by atoms with Gasteiger partial charge in [-0.3, -0.25) is 4.79 Å². The molecule has 98 valence electrons. The molecule has 1 fully saturated rings. The first-order chi connectivity index (χ1) is 8.61. The van der Waals surface area contributed by atoms with Gasteiger partial charge in [-0.25, -0.2) is 0 Å². The SMILES string of the molecule is CSC1CCC(NC(=O)c2cccc(N)c2C)C1. The first-order valence-electron chi connectivity index (χ1n) is 6.30. The van der Waals surface area contributed by atoms with Crippen molar-refractivity contribution in [3.63, 3.8) is 0 Å². The maximum atomic E-state index is 12.2. The Bertz CT molecular complexity index is 447. The molecule has 0 heterocycles. The van der Waals surface area contributed by atoms with E-state index < -0.39 is 0 Å². The largest absolute Gasteiger partial charge is 0.398 e. The zero-order valence-electron chi connectivity index (χ0n) is 10.9. The van der Waals surface area contributed by atoms with Crippen LogP contribution in [0.2, 0.25) is 0 Å². The van der Waals surface area contributed by atoms with Gasteiger partial charge in [0.25, 0.3) is 5.91 Å². The Labute approximate surface area is 113 Å². The van der Waals surface area contributed by atoms with Gasteiger partial charge in [0.2, 0.25) is 0 Å². The summed E-state index contributed by atoms with van der Waals surface area (Å²) in [4.78, 5) is 12.2. The Morgan fingerprint density at radius 1 is 1.44 bits per heavy atom. The van der Waals surface area contributed by atoms with Gasteiger partial charge in [-0.2, -0.15) is 11.8 Å². The van der Waals surface area contributed by atoms with Crippen molar-refractivity contribution in [3.8, 4) is 0 Å². The van der Waals surface area contributed by atoms with E-state index in [0.717, 1.165) is 18.4 Å². The fourth-order valence-corrected chi connectivity index (χ4v) is 3.24. The maximum absolute atomic E-state index is 12.2. The molecule has 1 aliphatic rings. The predicted molar refractivity (Wildman–Crippen MR) is 78.0 cm³/mol. The molecule has 0 saturated heterocycles. The Morgan fingerprint density at radius 3 is 2.89 bits per heavy atom. The number of benzene rings is 1. The number of amides is 1. The van der Waals surface area contributed by atoms with Gasteiger partial charge in [-0.05, 0) is 50.1 Å². The number of hydrogen-bond acceptors (Lipinski definition) is 3. The number of rotatable bonds is 3. The van der Waals surface area contributed by atoms with E-state index in [9.17, 15) is 4.79 Å². The molecule has 0 spiro atoms. The topological polar surface area (TPSA) is 55.1 Å². The van der Waals surface area contributed by atoms with Crippen LogP contribution in [0.5, 0.6) is 0 Å². The molecule has 2 rings (SSSR count). The molecule has 3 N–H and O–H groups in total. The number of carbonyl (C=O) groups is 1. The van der Waals surface area contributed by atoms with Crippen molar-refractivity contribution in [3.05, 3.63) is 29.3 Å². The lowest BCUT2D eigenvalue weighted by atomic mass is 10.1. The van der Waals surface area contributed by atoms with E-state index in [0.29, 0.717) is 22.5 Å². The van der Waals surface area contributed by atoms with E-state index in [4.69, 9.17) is 5.73 Å². The van der Waals surface area contributed by atoms with Gasteiger partial charge < -0.3 is 11.1 Å². The van der Waals surface area contributed by atoms with E-state index >= 15 is 0 Å². The highest BCUT2D eigenvalue weighted by molar-refractivity contribution is 7.99. The van der Waals surface area contributed by atoms with Crippen LogP contribution < -0.4 is 11.1 Å². The molecular formula is C14H20N2OS. The normalized spacial score (nSPS) is 23.0. The van der Waals surface area contributed by atoms with Crippen molar-refractivity contribution in [2.75, 3.05) is 12.0 Å². The summed E-state index contributed by atoms with van der Waals surface area (Å²) in [6, 6.07) is 5.81. The molecular weight excluding hydrogens is 244 g/mol. The van der Waals surface area contributed by atoms with Gasteiger partial charge in [0.1, 0.15) is 0 Å². The molecule has 4 heteroatoms.